The third-order valence-electron chi connectivity index (χ3n) is 6.44. The number of amides is 1. The number of carbonyl (C=O) groups excluding carboxylic acids is 1. The third-order valence-corrected chi connectivity index (χ3v) is 6.44. The molecule has 0 fully saturated rings. The van der Waals surface area contributed by atoms with Crippen LogP contribution in [0.4, 0.5) is 18.9 Å². The van der Waals surface area contributed by atoms with Gasteiger partial charge in [-0.3, -0.25) is 9.28 Å². The van der Waals surface area contributed by atoms with Crippen molar-refractivity contribution in [2.45, 2.75) is 45.8 Å². The molecule has 1 atom stereocenters. The number of halogens is 3. The highest BCUT2D eigenvalue weighted by molar-refractivity contribution is 5.89. The molecule has 1 unspecified atom stereocenters. The molecule has 1 amide bonds. The lowest BCUT2D eigenvalue weighted by Crippen LogP contribution is -2.46. The van der Waals surface area contributed by atoms with Gasteiger partial charge >= 0.3 is 18.1 Å². The van der Waals surface area contributed by atoms with E-state index in [1.807, 2.05) is 25.1 Å². The Labute approximate surface area is 220 Å². The lowest BCUT2D eigenvalue weighted by atomic mass is 9.96. The summed E-state index contributed by atoms with van der Waals surface area (Å²) in [5, 5.41) is 12.5. The zero-order valence-corrected chi connectivity index (χ0v) is 22.2. The van der Waals surface area contributed by atoms with Gasteiger partial charge in [-0.1, -0.05) is 26.0 Å². The van der Waals surface area contributed by atoms with E-state index in [-0.39, 0.29) is 29.4 Å². The summed E-state index contributed by atoms with van der Waals surface area (Å²) < 4.78 is 44.7. The molecule has 2 N–H and O–H groups in total. The maximum Gasteiger partial charge on any atom is 0.416 e. The van der Waals surface area contributed by atoms with Gasteiger partial charge in [0.25, 0.3) is 0 Å². The molecule has 6 nitrogen and oxygen atoms in total. The van der Waals surface area contributed by atoms with Crippen LogP contribution < -0.4 is 5.32 Å². The van der Waals surface area contributed by atoms with Crippen molar-refractivity contribution in [1.29, 1.82) is 0 Å². The van der Waals surface area contributed by atoms with Crippen LogP contribution in [0.1, 0.15) is 60.0 Å². The Morgan fingerprint density at radius 3 is 2.16 bits per heavy atom. The second kappa shape index (κ2) is 11.4. The summed E-state index contributed by atoms with van der Waals surface area (Å²) in [5.41, 5.74) is 2.02. The maximum absolute atomic E-state index is 12.9. The SMILES string of the molecule is Cc1oc(-c2ccc(C(F)(F)F)cc2)cc1C(CC(C)C)Nc1ccc(C(=O)[N+](C)(C)CCC(=O)O)cc1. The van der Waals surface area contributed by atoms with Crippen LogP contribution in [0.15, 0.2) is 59.0 Å². The number of aliphatic carboxylic acids is 1. The van der Waals surface area contributed by atoms with E-state index < -0.39 is 17.7 Å². The standard InChI is InChI=1S/C29H33F3N2O4/c1-18(2)16-25(24-17-26(38-19(24)3)20-6-10-22(11-7-20)29(30,31)32)33-23-12-8-21(9-13-23)28(37)34(4,5)15-14-27(35)36/h6-13,17-18,25H,14-16H2,1-5H3,(H-,33,35,36,37)/p+1. The number of alkyl halides is 3. The van der Waals surface area contributed by atoms with Crippen LogP contribution in [-0.4, -0.2) is 42.1 Å². The molecule has 0 aliphatic heterocycles. The molecule has 0 saturated carbocycles. The Morgan fingerprint density at radius 1 is 1.03 bits per heavy atom. The first kappa shape index (κ1) is 29.0. The second-order valence-corrected chi connectivity index (χ2v) is 10.5. The number of hydrogen-bond donors (Lipinski definition) is 2. The molecule has 3 aromatic rings. The minimum atomic E-state index is -4.40. The molecule has 2 aromatic carbocycles. The molecule has 204 valence electrons. The molecule has 9 heteroatoms. The summed E-state index contributed by atoms with van der Waals surface area (Å²) in [5.74, 6) is 0.370. The van der Waals surface area contributed by atoms with Gasteiger partial charge < -0.3 is 14.8 Å². The van der Waals surface area contributed by atoms with E-state index in [4.69, 9.17) is 9.52 Å². The molecule has 0 spiro atoms. The van der Waals surface area contributed by atoms with Crippen molar-refractivity contribution < 1.29 is 36.8 Å². The first-order chi connectivity index (χ1) is 17.7. The lowest BCUT2D eigenvalue weighted by molar-refractivity contribution is -0.807. The average molecular weight is 532 g/mol. The predicted octanol–water partition coefficient (Wildman–Crippen LogP) is 7.16. The Hall–Kier alpha value is -3.59. The van der Waals surface area contributed by atoms with Gasteiger partial charge in [0, 0.05) is 16.8 Å². The van der Waals surface area contributed by atoms with Gasteiger partial charge in [0.1, 0.15) is 11.5 Å². The van der Waals surface area contributed by atoms with Gasteiger partial charge in [-0.2, -0.15) is 13.2 Å². The number of nitrogens with zero attached hydrogens (tertiary/aromatic N) is 1. The van der Waals surface area contributed by atoms with Crippen LogP contribution in [0.3, 0.4) is 0 Å². The van der Waals surface area contributed by atoms with Gasteiger partial charge in [-0.05, 0) is 61.7 Å². The van der Waals surface area contributed by atoms with Crippen molar-refractivity contribution in [2.75, 3.05) is 26.0 Å². The van der Waals surface area contributed by atoms with Crippen molar-refractivity contribution in [3.05, 3.63) is 77.0 Å². The molecule has 0 saturated heterocycles. The van der Waals surface area contributed by atoms with Crippen LogP contribution in [-0.2, 0) is 11.0 Å². The summed E-state index contributed by atoms with van der Waals surface area (Å²) in [6, 6.07) is 13.7. The van der Waals surface area contributed by atoms with Crippen molar-refractivity contribution in [1.82, 2.24) is 0 Å². The predicted molar refractivity (Wildman–Crippen MR) is 140 cm³/mol. The van der Waals surface area contributed by atoms with E-state index >= 15 is 0 Å². The van der Waals surface area contributed by atoms with Gasteiger partial charge in [0.05, 0.1) is 44.2 Å². The zero-order valence-electron chi connectivity index (χ0n) is 22.2. The zero-order chi connectivity index (χ0) is 28.3. The topological polar surface area (TPSA) is 79.5 Å². The molecule has 0 radical (unpaired) electrons. The number of furan rings is 1. The smallest absolute Gasteiger partial charge is 0.416 e. The quantitative estimate of drug-likeness (QED) is 0.271. The second-order valence-electron chi connectivity index (χ2n) is 10.5. The molecule has 3 rings (SSSR count). The van der Waals surface area contributed by atoms with E-state index in [0.29, 0.717) is 28.6 Å². The molecule has 0 bridgehead atoms. The Morgan fingerprint density at radius 2 is 1.63 bits per heavy atom. The number of carboxylic acid groups (broad SMARTS) is 1. The fraction of sp³-hybridized carbons (Fsp3) is 0.379. The van der Waals surface area contributed by atoms with E-state index in [2.05, 4.69) is 19.2 Å². The molecule has 0 aliphatic rings. The number of nitrogens with one attached hydrogen (secondary N) is 1. The highest BCUT2D eigenvalue weighted by atomic mass is 19.4. The summed E-state index contributed by atoms with van der Waals surface area (Å²) in [4.78, 5) is 23.8. The number of quaternary nitrogens is 1. The minimum Gasteiger partial charge on any atom is -0.481 e. The van der Waals surface area contributed by atoms with Crippen LogP contribution in [0.25, 0.3) is 11.3 Å². The van der Waals surface area contributed by atoms with Crippen molar-refractivity contribution in [3.63, 3.8) is 0 Å². The molecule has 0 aliphatic carbocycles. The number of carbonyl (C=O) groups is 2. The van der Waals surface area contributed by atoms with E-state index in [1.165, 1.54) is 12.1 Å². The van der Waals surface area contributed by atoms with Crippen LogP contribution >= 0.6 is 0 Å². The van der Waals surface area contributed by atoms with Gasteiger partial charge in [0.2, 0.25) is 0 Å². The number of benzene rings is 2. The Balaban J connectivity index is 1.81. The number of aryl methyl sites for hydroxylation is 1. The largest absolute Gasteiger partial charge is 0.481 e. The molecule has 1 aromatic heterocycles. The lowest BCUT2D eigenvalue weighted by Gasteiger charge is -2.26. The first-order valence-corrected chi connectivity index (χ1v) is 12.4. The fourth-order valence-electron chi connectivity index (χ4n) is 4.28. The van der Waals surface area contributed by atoms with Crippen molar-refractivity contribution in [2.24, 2.45) is 5.92 Å². The van der Waals surface area contributed by atoms with E-state index in [9.17, 15) is 22.8 Å². The summed E-state index contributed by atoms with van der Waals surface area (Å²) >= 11 is 0. The van der Waals surface area contributed by atoms with Gasteiger partial charge in [-0.15, -0.1) is 0 Å². The number of carboxylic acids is 1. The number of hydrogen-bond acceptors (Lipinski definition) is 4. The normalized spacial score (nSPS) is 13.0. The Kier molecular flexibility index (Phi) is 8.72. The van der Waals surface area contributed by atoms with Crippen molar-refractivity contribution >= 4 is 17.6 Å². The van der Waals surface area contributed by atoms with Crippen LogP contribution in [0.2, 0.25) is 0 Å². The monoisotopic (exact) mass is 531 g/mol. The number of rotatable bonds is 10. The summed E-state index contributed by atoms with van der Waals surface area (Å²) in [7, 11) is 3.37. The van der Waals surface area contributed by atoms with E-state index in [0.717, 1.165) is 29.8 Å². The summed E-state index contributed by atoms with van der Waals surface area (Å²) in [6.45, 7) is 6.21. The third kappa shape index (κ3) is 7.25. The molecule has 38 heavy (non-hydrogen) atoms. The van der Waals surface area contributed by atoms with Crippen LogP contribution in [0.5, 0.6) is 0 Å². The molecular weight excluding hydrogens is 497 g/mol. The highest BCUT2D eigenvalue weighted by Gasteiger charge is 2.31. The highest BCUT2D eigenvalue weighted by Crippen LogP contribution is 2.36. The van der Waals surface area contributed by atoms with E-state index in [1.54, 1.807) is 26.2 Å². The first-order valence-electron chi connectivity index (χ1n) is 12.4. The van der Waals surface area contributed by atoms with Crippen LogP contribution in [0, 0.1) is 12.8 Å². The van der Waals surface area contributed by atoms with Gasteiger partial charge in [-0.25, -0.2) is 4.79 Å². The van der Waals surface area contributed by atoms with Crippen molar-refractivity contribution in [3.8, 4) is 11.3 Å². The Bertz CT molecular complexity index is 1260. The number of anilines is 1. The van der Waals surface area contributed by atoms with Gasteiger partial charge in [0.15, 0.2) is 0 Å². The molecular formula is C29H34F3N2O4+. The maximum atomic E-state index is 12.9. The summed E-state index contributed by atoms with van der Waals surface area (Å²) in [6.07, 6.45) is -3.73. The fourth-order valence-corrected chi connectivity index (χ4v) is 4.28. The molecule has 1 heterocycles. The minimum absolute atomic E-state index is 0.0734. The average Bonchev–Trinajstić information content (AvgIpc) is 3.23.